The Bertz CT molecular complexity index is 207. The summed E-state index contributed by atoms with van der Waals surface area (Å²) in [5.74, 6) is 1.57. The molecule has 0 atom stereocenters. The first-order valence-electron chi connectivity index (χ1n) is 5.74. The van der Waals surface area contributed by atoms with Crippen LogP contribution in [0.25, 0.3) is 0 Å². The summed E-state index contributed by atoms with van der Waals surface area (Å²) in [6, 6.07) is 0. The number of carbonyl (C=O) groups excluding carboxylic acids is 1. The van der Waals surface area contributed by atoms with Crippen molar-refractivity contribution in [2.45, 2.75) is 25.7 Å². The second-order valence-electron chi connectivity index (χ2n) is 4.63. The van der Waals surface area contributed by atoms with E-state index in [1.165, 1.54) is 12.8 Å². The summed E-state index contributed by atoms with van der Waals surface area (Å²) in [4.78, 5) is 13.8. The highest BCUT2D eigenvalue weighted by atomic mass is 16.2. The van der Waals surface area contributed by atoms with E-state index in [1.807, 2.05) is 11.9 Å². The molecular formula is C11H20N2O. The maximum absolute atomic E-state index is 11.7. The molecule has 0 aromatic carbocycles. The first-order valence-corrected chi connectivity index (χ1v) is 5.74. The fourth-order valence-corrected chi connectivity index (χ4v) is 2.19. The number of nitrogens with zero attached hydrogens (tertiary/aromatic N) is 1. The van der Waals surface area contributed by atoms with Crippen LogP contribution in [0.5, 0.6) is 0 Å². The molecule has 0 bridgehead atoms. The van der Waals surface area contributed by atoms with Crippen LogP contribution in [-0.4, -0.2) is 37.5 Å². The average molecular weight is 196 g/mol. The number of hydrogen-bond donors (Lipinski definition) is 1. The lowest BCUT2D eigenvalue weighted by Gasteiger charge is -2.42. The van der Waals surface area contributed by atoms with Crippen molar-refractivity contribution in [3.8, 4) is 0 Å². The molecule has 0 aromatic rings. The minimum Gasteiger partial charge on any atom is -0.342 e. The molecule has 1 saturated carbocycles. The fraction of sp³-hybridized carbons (Fsp3) is 0.909. The van der Waals surface area contributed by atoms with Crippen LogP contribution in [0, 0.1) is 11.8 Å². The van der Waals surface area contributed by atoms with Crippen molar-refractivity contribution < 1.29 is 4.79 Å². The molecule has 80 valence electrons. The van der Waals surface area contributed by atoms with E-state index in [0.29, 0.717) is 11.8 Å². The highest BCUT2D eigenvalue weighted by Crippen LogP contribution is 2.31. The lowest BCUT2D eigenvalue weighted by molar-refractivity contribution is -0.144. The number of nitrogens with one attached hydrogen (secondary N) is 1. The molecule has 2 rings (SSSR count). The number of carbonyl (C=O) groups is 1. The highest BCUT2D eigenvalue weighted by Gasteiger charge is 2.35. The Morgan fingerprint density at radius 3 is 2.64 bits per heavy atom. The van der Waals surface area contributed by atoms with Crippen LogP contribution in [0.3, 0.4) is 0 Å². The van der Waals surface area contributed by atoms with Gasteiger partial charge in [-0.1, -0.05) is 6.42 Å². The minimum atomic E-state index is 0.389. The van der Waals surface area contributed by atoms with E-state index in [4.69, 9.17) is 0 Å². The molecule has 1 aliphatic heterocycles. The van der Waals surface area contributed by atoms with Gasteiger partial charge in [0.25, 0.3) is 0 Å². The van der Waals surface area contributed by atoms with E-state index in [-0.39, 0.29) is 0 Å². The summed E-state index contributed by atoms with van der Waals surface area (Å²) < 4.78 is 0. The molecule has 0 spiro atoms. The molecule has 0 aromatic heterocycles. The summed E-state index contributed by atoms with van der Waals surface area (Å²) in [5, 5.41) is 3.15. The van der Waals surface area contributed by atoms with Crippen LogP contribution in [0.4, 0.5) is 0 Å². The SMILES string of the molecule is CNCCC1CN(C(=O)C2CCC2)C1. The third kappa shape index (κ3) is 1.92. The molecule has 2 aliphatic rings. The lowest BCUT2D eigenvalue weighted by Crippen LogP contribution is -2.53. The van der Waals surface area contributed by atoms with Gasteiger partial charge in [0.15, 0.2) is 0 Å². The Morgan fingerprint density at radius 1 is 1.43 bits per heavy atom. The third-order valence-corrected chi connectivity index (χ3v) is 3.53. The van der Waals surface area contributed by atoms with Gasteiger partial charge >= 0.3 is 0 Å². The molecule has 1 amide bonds. The average Bonchev–Trinajstić information content (AvgIpc) is 1.98. The predicted octanol–water partition coefficient (Wildman–Crippen LogP) is 0.854. The summed E-state index contributed by atoms with van der Waals surface area (Å²) in [5.41, 5.74) is 0. The van der Waals surface area contributed by atoms with Crippen LogP contribution < -0.4 is 5.32 Å². The van der Waals surface area contributed by atoms with Gasteiger partial charge in [-0.3, -0.25) is 4.79 Å². The number of hydrogen-bond acceptors (Lipinski definition) is 2. The van der Waals surface area contributed by atoms with Crippen molar-refractivity contribution in [1.82, 2.24) is 10.2 Å². The molecule has 2 fully saturated rings. The van der Waals surface area contributed by atoms with E-state index < -0.39 is 0 Å². The zero-order valence-corrected chi connectivity index (χ0v) is 8.96. The normalized spacial score (nSPS) is 23.1. The molecule has 3 heteroatoms. The van der Waals surface area contributed by atoms with Gasteiger partial charge in [-0.15, -0.1) is 0 Å². The molecule has 14 heavy (non-hydrogen) atoms. The van der Waals surface area contributed by atoms with Gasteiger partial charge in [0, 0.05) is 19.0 Å². The molecule has 1 N–H and O–H groups in total. The van der Waals surface area contributed by atoms with Crippen LogP contribution in [-0.2, 0) is 4.79 Å². The molecule has 1 aliphatic carbocycles. The van der Waals surface area contributed by atoms with Gasteiger partial charge in [-0.05, 0) is 38.8 Å². The van der Waals surface area contributed by atoms with Crippen molar-refractivity contribution in [3.63, 3.8) is 0 Å². The first-order chi connectivity index (χ1) is 6.81. The Labute approximate surface area is 85.8 Å². The van der Waals surface area contributed by atoms with E-state index in [0.717, 1.165) is 38.4 Å². The second-order valence-corrected chi connectivity index (χ2v) is 4.63. The molecule has 3 nitrogen and oxygen atoms in total. The summed E-state index contributed by atoms with van der Waals surface area (Å²) in [7, 11) is 1.98. The van der Waals surface area contributed by atoms with Crippen molar-refractivity contribution >= 4 is 5.91 Å². The van der Waals surface area contributed by atoms with E-state index in [9.17, 15) is 4.79 Å². The maximum Gasteiger partial charge on any atom is 0.225 e. The number of likely N-dealkylation sites (tertiary alicyclic amines) is 1. The quantitative estimate of drug-likeness (QED) is 0.723. The summed E-state index contributed by atoms with van der Waals surface area (Å²) in [6.45, 7) is 3.10. The van der Waals surface area contributed by atoms with Crippen LogP contribution in [0.1, 0.15) is 25.7 Å². The highest BCUT2D eigenvalue weighted by molar-refractivity contribution is 5.80. The summed E-state index contributed by atoms with van der Waals surface area (Å²) in [6.07, 6.45) is 4.74. The monoisotopic (exact) mass is 196 g/mol. The zero-order valence-electron chi connectivity index (χ0n) is 8.96. The zero-order chi connectivity index (χ0) is 9.97. The minimum absolute atomic E-state index is 0.389. The maximum atomic E-state index is 11.7. The lowest BCUT2D eigenvalue weighted by atomic mass is 9.82. The van der Waals surface area contributed by atoms with Crippen LogP contribution in [0.15, 0.2) is 0 Å². The van der Waals surface area contributed by atoms with Crippen LogP contribution >= 0.6 is 0 Å². The predicted molar refractivity (Wildman–Crippen MR) is 56.0 cm³/mol. The Hall–Kier alpha value is -0.570. The first kappa shape index (κ1) is 9.97. The van der Waals surface area contributed by atoms with Gasteiger partial charge in [0.2, 0.25) is 5.91 Å². The van der Waals surface area contributed by atoms with Gasteiger partial charge in [0.05, 0.1) is 0 Å². The van der Waals surface area contributed by atoms with Crippen molar-refractivity contribution in [3.05, 3.63) is 0 Å². The van der Waals surface area contributed by atoms with Crippen molar-refractivity contribution in [1.29, 1.82) is 0 Å². The van der Waals surface area contributed by atoms with Gasteiger partial charge in [-0.25, -0.2) is 0 Å². The third-order valence-electron chi connectivity index (χ3n) is 3.53. The van der Waals surface area contributed by atoms with E-state index in [1.54, 1.807) is 0 Å². The smallest absolute Gasteiger partial charge is 0.225 e. The van der Waals surface area contributed by atoms with Crippen molar-refractivity contribution in [2.75, 3.05) is 26.7 Å². The van der Waals surface area contributed by atoms with Crippen LogP contribution in [0.2, 0.25) is 0 Å². The molecule has 0 unspecified atom stereocenters. The standard InChI is InChI=1S/C11H20N2O/c1-12-6-5-9-7-13(8-9)11(14)10-3-2-4-10/h9-10,12H,2-8H2,1H3. The van der Waals surface area contributed by atoms with E-state index >= 15 is 0 Å². The molecular weight excluding hydrogens is 176 g/mol. The van der Waals surface area contributed by atoms with Gasteiger partial charge in [-0.2, -0.15) is 0 Å². The number of amides is 1. The molecule has 1 saturated heterocycles. The largest absolute Gasteiger partial charge is 0.342 e. The fourth-order valence-electron chi connectivity index (χ4n) is 2.19. The van der Waals surface area contributed by atoms with Gasteiger partial charge in [0.1, 0.15) is 0 Å². The second kappa shape index (κ2) is 4.30. The Balaban J connectivity index is 1.64. The van der Waals surface area contributed by atoms with E-state index in [2.05, 4.69) is 5.32 Å². The Morgan fingerprint density at radius 2 is 2.14 bits per heavy atom. The summed E-state index contributed by atoms with van der Waals surface area (Å²) >= 11 is 0. The molecule has 1 heterocycles. The number of rotatable bonds is 4. The molecule has 0 radical (unpaired) electrons. The topological polar surface area (TPSA) is 32.3 Å². The van der Waals surface area contributed by atoms with Gasteiger partial charge < -0.3 is 10.2 Å². The van der Waals surface area contributed by atoms with Crippen molar-refractivity contribution in [2.24, 2.45) is 11.8 Å². The Kier molecular flexibility index (Phi) is 3.06.